The summed E-state index contributed by atoms with van der Waals surface area (Å²) in [6, 6.07) is 1.27. The third kappa shape index (κ3) is 6.42. The van der Waals surface area contributed by atoms with Gasteiger partial charge in [-0.2, -0.15) is 0 Å². The zero-order valence-corrected chi connectivity index (χ0v) is 12.5. The maximum absolute atomic E-state index is 11.6. The zero-order valence-electron chi connectivity index (χ0n) is 11.7. The molecule has 6 nitrogen and oxygen atoms in total. The van der Waals surface area contributed by atoms with Gasteiger partial charge in [-0.3, -0.25) is 15.1 Å². The topological polar surface area (TPSA) is 97.1 Å². The highest BCUT2D eigenvalue weighted by molar-refractivity contribution is 8.00. The number of hydrogen-bond donors (Lipinski definition) is 3. The maximum atomic E-state index is 11.6. The number of carbonyl (C=O) groups excluding carboxylic acids is 2. The molecule has 3 amide bonds. The van der Waals surface area contributed by atoms with E-state index in [9.17, 15) is 9.59 Å². The first-order chi connectivity index (χ1) is 9.49. The van der Waals surface area contributed by atoms with Crippen molar-refractivity contribution in [3.05, 3.63) is 18.5 Å². The summed E-state index contributed by atoms with van der Waals surface area (Å²) in [6.07, 6.45) is 4.01. The van der Waals surface area contributed by atoms with Crippen molar-refractivity contribution in [2.24, 2.45) is 5.92 Å². The van der Waals surface area contributed by atoms with Gasteiger partial charge in [0.25, 0.3) is 0 Å². The Bertz CT molecular complexity index is 465. The molecule has 0 aromatic carbocycles. The summed E-state index contributed by atoms with van der Waals surface area (Å²) >= 11 is 1.27. The lowest BCUT2D eigenvalue weighted by Crippen LogP contribution is -2.40. The predicted molar refractivity (Wildman–Crippen MR) is 80.4 cm³/mol. The van der Waals surface area contributed by atoms with E-state index >= 15 is 0 Å². The monoisotopic (exact) mass is 296 g/mol. The molecule has 0 saturated heterocycles. The summed E-state index contributed by atoms with van der Waals surface area (Å²) in [7, 11) is 0. The number of nitrogens with two attached hydrogens (primary N) is 1. The van der Waals surface area contributed by atoms with Crippen molar-refractivity contribution in [3.63, 3.8) is 0 Å². The summed E-state index contributed by atoms with van der Waals surface area (Å²) in [5.41, 5.74) is 6.23. The van der Waals surface area contributed by atoms with Crippen LogP contribution in [0.5, 0.6) is 0 Å². The highest BCUT2D eigenvalue weighted by atomic mass is 32.2. The molecule has 110 valence electrons. The summed E-state index contributed by atoms with van der Waals surface area (Å²) in [4.78, 5) is 27.7. The number of urea groups is 1. The van der Waals surface area contributed by atoms with Gasteiger partial charge in [0, 0.05) is 17.6 Å². The third-order valence-corrected chi connectivity index (χ3v) is 3.52. The van der Waals surface area contributed by atoms with Crippen molar-refractivity contribution in [1.82, 2.24) is 15.6 Å². The zero-order chi connectivity index (χ0) is 15.0. The maximum Gasteiger partial charge on any atom is 0.321 e. The number of imide groups is 1. The van der Waals surface area contributed by atoms with Gasteiger partial charge >= 0.3 is 6.03 Å². The Balaban J connectivity index is 2.26. The number of aromatic nitrogens is 1. The number of hydrogen-bond acceptors (Lipinski definition) is 5. The van der Waals surface area contributed by atoms with Crippen LogP contribution in [0.4, 0.5) is 10.5 Å². The van der Waals surface area contributed by atoms with Crippen molar-refractivity contribution in [2.75, 3.05) is 18.0 Å². The lowest BCUT2D eigenvalue weighted by Gasteiger charge is -2.08. The van der Waals surface area contributed by atoms with Crippen molar-refractivity contribution >= 4 is 29.4 Å². The molecule has 1 aromatic heterocycles. The quantitative estimate of drug-likeness (QED) is 0.693. The van der Waals surface area contributed by atoms with Gasteiger partial charge in [-0.1, -0.05) is 13.8 Å². The average Bonchev–Trinajstić information content (AvgIpc) is 2.37. The summed E-state index contributed by atoms with van der Waals surface area (Å²) in [5.74, 6) is 0.288. The fraction of sp³-hybridized carbons (Fsp3) is 0.462. The van der Waals surface area contributed by atoms with Crippen molar-refractivity contribution in [3.8, 4) is 0 Å². The molecule has 0 bridgehead atoms. The molecule has 0 aliphatic carbocycles. The summed E-state index contributed by atoms with van der Waals surface area (Å²) in [6.45, 7) is 4.70. The van der Waals surface area contributed by atoms with Gasteiger partial charge in [0.2, 0.25) is 5.91 Å². The van der Waals surface area contributed by atoms with Crippen LogP contribution in [0.25, 0.3) is 0 Å². The Morgan fingerprint density at radius 1 is 1.45 bits per heavy atom. The van der Waals surface area contributed by atoms with Crippen LogP contribution in [0.2, 0.25) is 0 Å². The summed E-state index contributed by atoms with van der Waals surface area (Å²) < 4.78 is 0. The van der Waals surface area contributed by atoms with Crippen LogP contribution in [0.1, 0.15) is 20.3 Å². The van der Waals surface area contributed by atoms with E-state index in [1.165, 1.54) is 18.0 Å². The predicted octanol–water partition coefficient (Wildman–Crippen LogP) is 1.63. The molecule has 0 aliphatic heterocycles. The first-order valence-electron chi connectivity index (χ1n) is 6.39. The Morgan fingerprint density at radius 3 is 2.85 bits per heavy atom. The second-order valence-corrected chi connectivity index (χ2v) is 5.71. The number of nitrogen functional groups attached to an aromatic ring is 1. The molecule has 0 unspecified atom stereocenters. The van der Waals surface area contributed by atoms with Crippen LogP contribution in [0.15, 0.2) is 23.4 Å². The molecule has 7 heteroatoms. The van der Waals surface area contributed by atoms with Gasteiger partial charge in [-0.25, -0.2) is 4.79 Å². The first-order valence-corrected chi connectivity index (χ1v) is 7.37. The van der Waals surface area contributed by atoms with Crippen LogP contribution < -0.4 is 16.4 Å². The van der Waals surface area contributed by atoms with E-state index in [4.69, 9.17) is 5.73 Å². The Kier molecular flexibility index (Phi) is 6.86. The molecule has 0 atom stereocenters. The summed E-state index contributed by atoms with van der Waals surface area (Å²) in [5, 5.41) is 4.92. The Hall–Kier alpha value is -1.76. The molecule has 1 aromatic rings. The fourth-order valence-electron chi connectivity index (χ4n) is 1.35. The van der Waals surface area contributed by atoms with E-state index in [0.29, 0.717) is 18.2 Å². The average molecular weight is 296 g/mol. The number of pyridine rings is 1. The molecule has 0 fully saturated rings. The van der Waals surface area contributed by atoms with Gasteiger partial charge in [-0.05, 0) is 18.4 Å². The number of anilines is 1. The minimum atomic E-state index is -0.459. The van der Waals surface area contributed by atoms with E-state index in [2.05, 4.69) is 29.5 Å². The highest BCUT2D eigenvalue weighted by Gasteiger charge is 2.09. The molecule has 0 spiro atoms. The van der Waals surface area contributed by atoms with Crippen molar-refractivity contribution in [1.29, 1.82) is 0 Å². The van der Waals surface area contributed by atoms with Crippen molar-refractivity contribution in [2.45, 2.75) is 25.2 Å². The number of carbonyl (C=O) groups is 2. The number of amides is 3. The highest BCUT2D eigenvalue weighted by Crippen LogP contribution is 2.22. The largest absolute Gasteiger partial charge is 0.397 e. The van der Waals surface area contributed by atoms with Gasteiger partial charge in [-0.15, -0.1) is 11.8 Å². The Labute approximate surface area is 122 Å². The van der Waals surface area contributed by atoms with E-state index < -0.39 is 6.03 Å². The fourth-order valence-corrected chi connectivity index (χ4v) is 2.09. The lowest BCUT2D eigenvalue weighted by atomic mass is 10.1. The number of thioether (sulfide) groups is 1. The lowest BCUT2D eigenvalue weighted by molar-refractivity contribution is -0.117. The number of rotatable bonds is 6. The van der Waals surface area contributed by atoms with E-state index in [-0.39, 0.29) is 11.7 Å². The van der Waals surface area contributed by atoms with Gasteiger partial charge in [0.15, 0.2) is 0 Å². The van der Waals surface area contributed by atoms with Crippen LogP contribution in [-0.4, -0.2) is 29.2 Å². The van der Waals surface area contributed by atoms with E-state index in [1.54, 1.807) is 12.3 Å². The van der Waals surface area contributed by atoms with E-state index in [1.807, 2.05) is 0 Å². The minimum absolute atomic E-state index is 0.131. The van der Waals surface area contributed by atoms with Crippen molar-refractivity contribution < 1.29 is 9.59 Å². The van der Waals surface area contributed by atoms with Gasteiger partial charge in [0.1, 0.15) is 0 Å². The van der Waals surface area contributed by atoms with Crippen LogP contribution in [0, 0.1) is 5.92 Å². The molecular formula is C13H20N4O2S. The van der Waals surface area contributed by atoms with Crippen LogP contribution in [0.3, 0.4) is 0 Å². The third-order valence-electron chi connectivity index (χ3n) is 2.43. The molecule has 20 heavy (non-hydrogen) atoms. The molecule has 1 heterocycles. The molecule has 0 radical (unpaired) electrons. The van der Waals surface area contributed by atoms with Gasteiger partial charge in [0.05, 0.1) is 17.6 Å². The van der Waals surface area contributed by atoms with Crippen LogP contribution in [-0.2, 0) is 4.79 Å². The molecule has 4 N–H and O–H groups in total. The van der Waals surface area contributed by atoms with E-state index in [0.717, 1.165) is 11.3 Å². The molecule has 0 aliphatic rings. The second-order valence-electron chi connectivity index (χ2n) is 4.69. The molecular weight excluding hydrogens is 276 g/mol. The normalized spacial score (nSPS) is 10.3. The number of nitrogens with one attached hydrogen (secondary N) is 2. The molecule has 1 rings (SSSR count). The number of nitrogens with zero attached hydrogens (tertiary/aromatic N) is 1. The minimum Gasteiger partial charge on any atom is -0.397 e. The van der Waals surface area contributed by atoms with Gasteiger partial charge < -0.3 is 11.1 Å². The SMILES string of the molecule is CC(C)CCNC(=O)NC(=O)CSc1ccncc1N. The molecule has 0 saturated carbocycles. The Morgan fingerprint density at radius 2 is 2.20 bits per heavy atom. The standard InChI is InChI=1S/C13H20N4O2S/c1-9(2)3-6-16-13(19)17-12(18)8-20-11-4-5-15-7-10(11)14/h4-5,7,9H,3,6,8,14H2,1-2H3,(H2,16,17,18,19). The van der Waals surface area contributed by atoms with Crippen LogP contribution >= 0.6 is 11.8 Å². The smallest absolute Gasteiger partial charge is 0.321 e. The second kappa shape index (κ2) is 8.42. The first kappa shape index (κ1) is 16.3.